The van der Waals surface area contributed by atoms with Gasteiger partial charge in [-0.3, -0.25) is 10.0 Å². The molecule has 1 heterocycles. The number of carbonyl (C=O) groups excluding carboxylic acids is 1. The summed E-state index contributed by atoms with van der Waals surface area (Å²) in [6, 6.07) is 4.87. The van der Waals surface area contributed by atoms with Crippen LogP contribution in [0.2, 0.25) is 0 Å². The second kappa shape index (κ2) is 3.64. The van der Waals surface area contributed by atoms with Gasteiger partial charge in [0.1, 0.15) is 5.69 Å². The van der Waals surface area contributed by atoms with E-state index in [1.54, 1.807) is 12.1 Å². The molecule has 0 radical (unpaired) electrons. The SMILES string of the molecule is C=Cc1cccc(C(=O)NO)n1. The van der Waals surface area contributed by atoms with Crippen molar-refractivity contribution in [3.05, 3.63) is 36.2 Å². The lowest BCUT2D eigenvalue weighted by atomic mass is 10.3. The first-order valence-electron chi connectivity index (χ1n) is 3.32. The predicted octanol–water partition coefficient (Wildman–Crippen LogP) is 0.844. The van der Waals surface area contributed by atoms with E-state index in [-0.39, 0.29) is 5.69 Å². The van der Waals surface area contributed by atoms with Gasteiger partial charge in [-0.15, -0.1) is 0 Å². The zero-order valence-electron chi connectivity index (χ0n) is 6.32. The highest BCUT2D eigenvalue weighted by atomic mass is 16.5. The van der Waals surface area contributed by atoms with Crippen LogP contribution < -0.4 is 5.48 Å². The van der Waals surface area contributed by atoms with Gasteiger partial charge in [-0.2, -0.15) is 0 Å². The molecule has 0 aliphatic heterocycles. The maximum Gasteiger partial charge on any atom is 0.293 e. The van der Waals surface area contributed by atoms with E-state index >= 15 is 0 Å². The average molecular weight is 164 g/mol. The van der Waals surface area contributed by atoms with Crippen LogP contribution in [0.3, 0.4) is 0 Å². The van der Waals surface area contributed by atoms with E-state index in [9.17, 15) is 4.79 Å². The van der Waals surface area contributed by atoms with Gasteiger partial charge in [-0.05, 0) is 18.2 Å². The fourth-order valence-electron chi connectivity index (χ4n) is 0.749. The molecule has 12 heavy (non-hydrogen) atoms. The van der Waals surface area contributed by atoms with Crippen molar-refractivity contribution in [3.8, 4) is 0 Å². The summed E-state index contributed by atoms with van der Waals surface area (Å²) in [6.45, 7) is 3.50. The quantitative estimate of drug-likeness (QED) is 0.503. The van der Waals surface area contributed by atoms with E-state index in [4.69, 9.17) is 5.21 Å². The molecule has 0 saturated carbocycles. The number of hydrogen-bond acceptors (Lipinski definition) is 3. The predicted molar refractivity (Wildman–Crippen MR) is 43.6 cm³/mol. The molecular weight excluding hydrogens is 156 g/mol. The Morgan fingerprint density at radius 2 is 2.42 bits per heavy atom. The Bertz CT molecular complexity index is 310. The Morgan fingerprint density at radius 1 is 1.67 bits per heavy atom. The third-order valence-corrected chi connectivity index (χ3v) is 1.31. The lowest BCUT2D eigenvalue weighted by Crippen LogP contribution is -2.19. The summed E-state index contributed by atoms with van der Waals surface area (Å²) in [5.41, 5.74) is 2.25. The first-order chi connectivity index (χ1) is 5.77. The van der Waals surface area contributed by atoms with Crippen molar-refractivity contribution in [2.24, 2.45) is 0 Å². The van der Waals surface area contributed by atoms with Crippen LogP contribution in [-0.2, 0) is 0 Å². The lowest BCUT2D eigenvalue weighted by molar-refractivity contribution is 0.0700. The molecule has 0 atom stereocenters. The molecule has 1 aromatic rings. The molecule has 0 aliphatic rings. The number of pyridine rings is 1. The first kappa shape index (κ1) is 8.42. The molecule has 0 saturated heterocycles. The molecule has 4 heteroatoms. The zero-order chi connectivity index (χ0) is 8.97. The first-order valence-corrected chi connectivity index (χ1v) is 3.32. The summed E-state index contributed by atoms with van der Waals surface area (Å²) in [7, 11) is 0. The monoisotopic (exact) mass is 164 g/mol. The minimum absolute atomic E-state index is 0.162. The Labute approximate surface area is 69.5 Å². The second-order valence-electron chi connectivity index (χ2n) is 2.09. The Hall–Kier alpha value is -1.68. The number of hydrogen-bond donors (Lipinski definition) is 2. The Kier molecular flexibility index (Phi) is 2.55. The summed E-state index contributed by atoms with van der Waals surface area (Å²) >= 11 is 0. The van der Waals surface area contributed by atoms with Gasteiger partial charge in [0.2, 0.25) is 0 Å². The summed E-state index contributed by atoms with van der Waals surface area (Å²) in [5, 5.41) is 8.29. The van der Waals surface area contributed by atoms with Crippen LogP contribution in [0.1, 0.15) is 16.2 Å². The third-order valence-electron chi connectivity index (χ3n) is 1.31. The zero-order valence-corrected chi connectivity index (χ0v) is 6.32. The van der Waals surface area contributed by atoms with Gasteiger partial charge in [0, 0.05) is 0 Å². The van der Waals surface area contributed by atoms with Crippen LogP contribution in [-0.4, -0.2) is 16.1 Å². The second-order valence-corrected chi connectivity index (χ2v) is 2.09. The van der Waals surface area contributed by atoms with Crippen LogP contribution in [0.25, 0.3) is 6.08 Å². The molecule has 0 spiro atoms. The highest BCUT2D eigenvalue weighted by molar-refractivity contribution is 5.91. The Morgan fingerprint density at radius 3 is 3.00 bits per heavy atom. The maximum atomic E-state index is 10.8. The highest BCUT2D eigenvalue weighted by Gasteiger charge is 2.04. The van der Waals surface area contributed by atoms with Crippen molar-refractivity contribution < 1.29 is 10.0 Å². The van der Waals surface area contributed by atoms with E-state index in [0.29, 0.717) is 5.69 Å². The fraction of sp³-hybridized carbons (Fsp3) is 0. The smallest absolute Gasteiger partial charge is 0.288 e. The van der Waals surface area contributed by atoms with Gasteiger partial charge in [-0.25, -0.2) is 10.5 Å². The molecule has 0 bridgehead atoms. The lowest BCUT2D eigenvalue weighted by Gasteiger charge is -1.97. The minimum Gasteiger partial charge on any atom is -0.288 e. The van der Waals surface area contributed by atoms with Crippen LogP contribution in [0.4, 0.5) is 0 Å². The van der Waals surface area contributed by atoms with Gasteiger partial charge >= 0.3 is 0 Å². The van der Waals surface area contributed by atoms with Crippen molar-refractivity contribution in [1.82, 2.24) is 10.5 Å². The number of rotatable bonds is 2. The number of carbonyl (C=O) groups is 1. The summed E-state index contributed by atoms with van der Waals surface area (Å²) in [5.74, 6) is -0.626. The molecular formula is C8H8N2O2. The summed E-state index contributed by atoms with van der Waals surface area (Å²) < 4.78 is 0. The van der Waals surface area contributed by atoms with Crippen molar-refractivity contribution in [1.29, 1.82) is 0 Å². The molecule has 0 aliphatic carbocycles. The number of nitrogens with one attached hydrogen (secondary N) is 1. The molecule has 0 unspecified atom stereocenters. The van der Waals surface area contributed by atoms with Crippen LogP contribution in [0.5, 0.6) is 0 Å². The molecule has 0 aromatic carbocycles. The highest BCUT2D eigenvalue weighted by Crippen LogP contribution is 1.99. The van der Waals surface area contributed by atoms with E-state index < -0.39 is 5.91 Å². The van der Waals surface area contributed by atoms with Crippen molar-refractivity contribution >= 4 is 12.0 Å². The van der Waals surface area contributed by atoms with Crippen LogP contribution in [0, 0.1) is 0 Å². The normalized spacial score (nSPS) is 9.08. The number of aromatic nitrogens is 1. The minimum atomic E-state index is -0.626. The third kappa shape index (κ3) is 1.67. The van der Waals surface area contributed by atoms with E-state index in [0.717, 1.165) is 0 Å². The number of hydroxylamine groups is 1. The van der Waals surface area contributed by atoms with E-state index in [1.807, 2.05) is 0 Å². The standard InChI is InChI=1S/C8H8N2O2/c1-2-6-4-3-5-7(9-6)8(11)10-12/h2-5,12H,1H2,(H,10,11). The van der Waals surface area contributed by atoms with Crippen LogP contribution >= 0.6 is 0 Å². The maximum absolute atomic E-state index is 10.8. The van der Waals surface area contributed by atoms with Gasteiger partial charge < -0.3 is 0 Å². The summed E-state index contributed by atoms with van der Waals surface area (Å²) in [6.07, 6.45) is 1.52. The van der Waals surface area contributed by atoms with Gasteiger partial charge in [0.05, 0.1) is 5.69 Å². The molecule has 1 aromatic heterocycles. The van der Waals surface area contributed by atoms with Gasteiger partial charge in [0.25, 0.3) is 5.91 Å². The van der Waals surface area contributed by atoms with E-state index in [1.165, 1.54) is 17.6 Å². The molecule has 1 amide bonds. The van der Waals surface area contributed by atoms with Gasteiger partial charge in [-0.1, -0.05) is 12.6 Å². The molecule has 2 N–H and O–H groups in total. The van der Waals surface area contributed by atoms with Crippen molar-refractivity contribution in [2.75, 3.05) is 0 Å². The Balaban J connectivity index is 3.01. The topological polar surface area (TPSA) is 62.2 Å². The van der Waals surface area contributed by atoms with E-state index in [2.05, 4.69) is 11.6 Å². The fourth-order valence-corrected chi connectivity index (χ4v) is 0.749. The number of nitrogens with zero attached hydrogens (tertiary/aromatic N) is 1. The van der Waals surface area contributed by atoms with Crippen molar-refractivity contribution in [3.63, 3.8) is 0 Å². The summed E-state index contributed by atoms with van der Waals surface area (Å²) in [4.78, 5) is 14.7. The molecule has 1 rings (SSSR count). The van der Waals surface area contributed by atoms with Gasteiger partial charge in [0.15, 0.2) is 0 Å². The number of amides is 1. The van der Waals surface area contributed by atoms with Crippen LogP contribution in [0.15, 0.2) is 24.8 Å². The molecule has 4 nitrogen and oxygen atoms in total. The largest absolute Gasteiger partial charge is 0.293 e. The van der Waals surface area contributed by atoms with Crippen molar-refractivity contribution in [2.45, 2.75) is 0 Å². The molecule has 0 fully saturated rings. The average Bonchev–Trinajstić information content (AvgIpc) is 2.17. The molecule has 62 valence electrons.